The quantitative estimate of drug-likeness (QED) is 0.698. The van der Waals surface area contributed by atoms with Gasteiger partial charge < -0.3 is 4.74 Å². The Balaban J connectivity index is 1.84. The molecule has 0 heterocycles. The van der Waals surface area contributed by atoms with Crippen LogP contribution in [0.2, 0.25) is 5.02 Å². The van der Waals surface area contributed by atoms with E-state index in [1.54, 1.807) is 0 Å². The molecule has 1 aromatic rings. The molecule has 0 bridgehead atoms. The molecule has 1 atom stereocenters. The second-order valence-electron chi connectivity index (χ2n) is 4.30. The highest BCUT2D eigenvalue weighted by Gasteiger charge is 2.21. The Labute approximate surface area is 110 Å². The monoisotopic (exact) mass is 302 g/mol. The second kappa shape index (κ2) is 6.04. The zero-order valence-corrected chi connectivity index (χ0v) is 11.5. The van der Waals surface area contributed by atoms with Crippen LogP contribution in [0.4, 0.5) is 0 Å². The Morgan fingerprint density at radius 2 is 2.00 bits per heavy atom. The summed E-state index contributed by atoms with van der Waals surface area (Å²) in [5.41, 5.74) is 1.19. The van der Waals surface area contributed by atoms with Crippen molar-refractivity contribution >= 4 is 27.5 Å². The number of halogens is 2. The maximum Gasteiger partial charge on any atom is 0.0921 e. The maximum atomic E-state index is 5.88. The Kier molecular flexibility index (Phi) is 4.68. The first-order valence-electron chi connectivity index (χ1n) is 5.72. The summed E-state index contributed by atoms with van der Waals surface area (Å²) in [7, 11) is 0. The molecule has 1 aromatic carbocycles. The first-order valence-corrected chi connectivity index (χ1v) is 7.22. The molecular weight excluding hydrogens is 287 g/mol. The fourth-order valence-electron chi connectivity index (χ4n) is 1.69. The highest BCUT2D eigenvalue weighted by atomic mass is 79.9. The molecule has 1 fully saturated rings. The van der Waals surface area contributed by atoms with Gasteiger partial charge in [-0.15, -0.1) is 0 Å². The van der Waals surface area contributed by atoms with E-state index in [0.29, 0.717) is 0 Å². The summed E-state index contributed by atoms with van der Waals surface area (Å²) in [6, 6.07) is 7.89. The molecule has 1 aliphatic carbocycles. The minimum Gasteiger partial charge on any atom is -0.373 e. The molecule has 0 N–H and O–H groups in total. The lowest BCUT2D eigenvalue weighted by atomic mass is 10.1. The van der Waals surface area contributed by atoms with Gasteiger partial charge in [0.1, 0.15) is 0 Å². The van der Waals surface area contributed by atoms with Gasteiger partial charge in [0, 0.05) is 17.0 Å². The minimum absolute atomic E-state index is 0.149. The van der Waals surface area contributed by atoms with Crippen LogP contribution in [0.25, 0.3) is 0 Å². The SMILES string of the molecule is Clc1ccc(C(CBr)OCCC2CC2)cc1. The predicted octanol–water partition coefficient (Wildman–Crippen LogP) is 4.59. The van der Waals surface area contributed by atoms with Crippen LogP contribution in [0.15, 0.2) is 24.3 Å². The van der Waals surface area contributed by atoms with Gasteiger partial charge in [-0.1, -0.05) is 52.5 Å². The third-order valence-corrected chi connectivity index (χ3v) is 3.76. The predicted molar refractivity (Wildman–Crippen MR) is 71.3 cm³/mol. The molecule has 0 spiro atoms. The van der Waals surface area contributed by atoms with Crippen LogP contribution in [-0.2, 0) is 4.74 Å². The standard InChI is InChI=1S/C13H16BrClO/c14-9-13(16-8-7-10-1-2-10)11-3-5-12(15)6-4-11/h3-6,10,13H,1-2,7-9H2. The summed E-state index contributed by atoms with van der Waals surface area (Å²) in [4.78, 5) is 0. The van der Waals surface area contributed by atoms with Crippen molar-refractivity contribution in [2.45, 2.75) is 25.4 Å². The topological polar surface area (TPSA) is 9.23 Å². The van der Waals surface area contributed by atoms with E-state index in [1.807, 2.05) is 24.3 Å². The molecule has 0 aromatic heterocycles. The van der Waals surface area contributed by atoms with Gasteiger partial charge >= 0.3 is 0 Å². The van der Waals surface area contributed by atoms with Gasteiger partial charge in [0.05, 0.1) is 6.10 Å². The molecular formula is C13H16BrClO. The number of rotatable bonds is 6. The van der Waals surface area contributed by atoms with E-state index in [0.717, 1.165) is 22.9 Å². The molecule has 0 radical (unpaired) electrons. The van der Waals surface area contributed by atoms with Crippen molar-refractivity contribution in [3.63, 3.8) is 0 Å². The molecule has 3 heteroatoms. The highest BCUT2D eigenvalue weighted by Crippen LogP contribution is 2.33. The van der Waals surface area contributed by atoms with Crippen molar-refractivity contribution in [1.29, 1.82) is 0 Å². The number of benzene rings is 1. The van der Waals surface area contributed by atoms with E-state index in [9.17, 15) is 0 Å². The Morgan fingerprint density at radius 3 is 2.56 bits per heavy atom. The summed E-state index contributed by atoms with van der Waals surface area (Å²) in [5.74, 6) is 0.932. The number of alkyl halides is 1. The van der Waals surface area contributed by atoms with E-state index in [2.05, 4.69) is 15.9 Å². The lowest BCUT2D eigenvalue weighted by Crippen LogP contribution is -2.07. The first kappa shape index (κ1) is 12.4. The van der Waals surface area contributed by atoms with E-state index in [1.165, 1.54) is 24.8 Å². The van der Waals surface area contributed by atoms with Crippen LogP contribution in [0, 0.1) is 5.92 Å². The van der Waals surface area contributed by atoms with Crippen LogP contribution in [0.3, 0.4) is 0 Å². The highest BCUT2D eigenvalue weighted by molar-refractivity contribution is 9.09. The third-order valence-electron chi connectivity index (χ3n) is 2.92. The van der Waals surface area contributed by atoms with Crippen LogP contribution in [0.5, 0.6) is 0 Å². The molecule has 1 aliphatic rings. The van der Waals surface area contributed by atoms with Crippen molar-refractivity contribution in [3.05, 3.63) is 34.9 Å². The zero-order valence-electron chi connectivity index (χ0n) is 9.16. The summed E-state index contributed by atoms with van der Waals surface area (Å²) in [6.45, 7) is 0.865. The van der Waals surface area contributed by atoms with Crippen LogP contribution in [0.1, 0.15) is 30.9 Å². The van der Waals surface area contributed by atoms with Crippen molar-refractivity contribution in [2.24, 2.45) is 5.92 Å². The number of ether oxygens (including phenoxy) is 1. The summed E-state index contributed by atoms with van der Waals surface area (Å²) < 4.78 is 5.88. The first-order chi connectivity index (χ1) is 7.79. The van der Waals surface area contributed by atoms with Crippen molar-refractivity contribution in [3.8, 4) is 0 Å². The molecule has 88 valence electrons. The molecule has 16 heavy (non-hydrogen) atoms. The Morgan fingerprint density at radius 1 is 1.31 bits per heavy atom. The molecule has 0 amide bonds. The second-order valence-corrected chi connectivity index (χ2v) is 5.38. The molecule has 1 unspecified atom stereocenters. The Bertz CT molecular complexity index is 321. The molecule has 1 nitrogen and oxygen atoms in total. The smallest absolute Gasteiger partial charge is 0.0921 e. The van der Waals surface area contributed by atoms with Crippen LogP contribution >= 0.6 is 27.5 Å². The largest absolute Gasteiger partial charge is 0.373 e. The maximum absolute atomic E-state index is 5.88. The van der Waals surface area contributed by atoms with Crippen molar-refractivity contribution in [1.82, 2.24) is 0 Å². The van der Waals surface area contributed by atoms with Gasteiger partial charge in [-0.05, 0) is 30.0 Å². The average Bonchev–Trinajstić information content (AvgIpc) is 3.10. The third kappa shape index (κ3) is 3.76. The summed E-state index contributed by atoms with van der Waals surface area (Å²) in [5, 5.41) is 1.61. The Hall–Kier alpha value is -0.0500. The molecule has 1 saturated carbocycles. The van der Waals surface area contributed by atoms with Gasteiger partial charge in [0.15, 0.2) is 0 Å². The molecule has 0 aliphatic heterocycles. The van der Waals surface area contributed by atoms with E-state index >= 15 is 0 Å². The zero-order chi connectivity index (χ0) is 11.4. The van der Waals surface area contributed by atoms with E-state index in [-0.39, 0.29) is 6.10 Å². The van der Waals surface area contributed by atoms with Gasteiger partial charge in [-0.25, -0.2) is 0 Å². The number of hydrogen-bond donors (Lipinski definition) is 0. The van der Waals surface area contributed by atoms with Crippen LogP contribution in [-0.4, -0.2) is 11.9 Å². The van der Waals surface area contributed by atoms with Crippen molar-refractivity contribution in [2.75, 3.05) is 11.9 Å². The minimum atomic E-state index is 0.149. The van der Waals surface area contributed by atoms with Crippen LogP contribution < -0.4 is 0 Å². The lowest BCUT2D eigenvalue weighted by Gasteiger charge is -2.15. The fraction of sp³-hybridized carbons (Fsp3) is 0.538. The van der Waals surface area contributed by atoms with Gasteiger partial charge in [-0.2, -0.15) is 0 Å². The van der Waals surface area contributed by atoms with Gasteiger partial charge in [-0.3, -0.25) is 0 Å². The molecule has 0 saturated heterocycles. The summed E-state index contributed by atoms with van der Waals surface area (Å²) >= 11 is 9.36. The van der Waals surface area contributed by atoms with Gasteiger partial charge in [0.2, 0.25) is 0 Å². The molecule has 2 rings (SSSR count). The summed E-state index contributed by atoms with van der Waals surface area (Å²) in [6.07, 6.45) is 4.14. The lowest BCUT2D eigenvalue weighted by molar-refractivity contribution is 0.0654. The van der Waals surface area contributed by atoms with E-state index < -0.39 is 0 Å². The van der Waals surface area contributed by atoms with E-state index in [4.69, 9.17) is 16.3 Å². The van der Waals surface area contributed by atoms with Gasteiger partial charge in [0.25, 0.3) is 0 Å². The van der Waals surface area contributed by atoms with Crippen molar-refractivity contribution < 1.29 is 4.74 Å². The fourth-order valence-corrected chi connectivity index (χ4v) is 2.38. The normalized spacial score (nSPS) is 17.4. The number of hydrogen-bond acceptors (Lipinski definition) is 1. The average molecular weight is 304 g/mol.